The second kappa shape index (κ2) is 5.10. The molecule has 0 fully saturated rings. The molecule has 7 heteroatoms. The zero-order valence-corrected chi connectivity index (χ0v) is 11.8. The first-order valence-electron chi connectivity index (χ1n) is 5.78. The van der Waals surface area contributed by atoms with Crippen LogP contribution in [-0.4, -0.2) is 26.9 Å². The highest BCUT2D eigenvalue weighted by Crippen LogP contribution is 2.26. The van der Waals surface area contributed by atoms with Crippen molar-refractivity contribution < 1.29 is 9.53 Å². The van der Waals surface area contributed by atoms with Gasteiger partial charge in [-0.1, -0.05) is 0 Å². The summed E-state index contributed by atoms with van der Waals surface area (Å²) >= 11 is 3.07. The van der Waals surface area contributed by atoms with E-state index in [2.05, 4.69) is 9.97 Å². The van der Waals surface area contributed by atoms with Crippen molar-refractivity contribution in [2.75, 3.05) is 6.61 Å². The molecule has 0 aromatic carbocycles. The highest BCUT2D eigenvalue weighted by molar-refractivity contribution is 7.15. The van der Waals surface area contributed by atoms with Crippen LogP contribution in [0.1, 0.15) is 12.6 Å². The molecule has 0 aliphatic rings. The number of esters is 1. The Morgan fingerprint density at radius 2 is 2.37 bits per heavy atom. The van der Waals surface area contributed by atoms with Crippen molar-refractivity contribution in [3.63, 3.8) is 0 Å². The van der Waals surface area contributed by atoms with Crippen LogP contribution in [-0.2, 0) is 16.0 Å². The Kier molecular flexibility index (Phi) is 3.31. The summed E-state index contributed by atoms with van der Waals surface area (Å²) in [4.78, 5) is 22.0. The molecule has 5 nitrogen and oxygen atoms in total. The van der Waals surface area contributed by atoms with Crippen molar-refractivity contribution in [2.24, 2.45) is 0 Å². The maximum absolute atomic E-state index is 11.5. The third-order valence-electron chi connectivity index (χ3n) is 2.60. The van der Waals surface area contributed by atoms with Crippen molar-refractivity contribution in [1.82, 2.24) is 14.4 Å². The largest absolute Gasteiger partial charge is 0.466 e. The van der Waals surface area contributed by atoms with E-state index >= 15 is 0 Å². The molecule has 98 valence electrons. The molecule has 0 radical (unpaired) electrons. The minimum atomic E-state index is -0.213. The maximum atomic E-state index is 11.5. The summed E-state index contributed by atoms with van der Waals surface area (Å²) in [7, 11) is 0. The molecule has 19 heavy (non-hydrogen) atoms. The lowest BCUT2D eigenvalue weighted by atomic mass is 10.3. The average molecular weight is 293 g/mol. The van der Waals surface area contributed by atoms with Gasteiger partial charge < -0.3 is 4.74 Å². The average Bonchev–Trinajstić information content (AvgIpc) is 3.05. The predicted molar refractivity (Wildman–Crippen MR) is 74.5 cm³/mol. The summed E-state index contributed by atoms with van der Waals surface area (Å²) in [6.45, 7) is 2.21. The number of nitrogens with zero attached hydrogens (tertiary/aromatic N) is 3. The lowest BCUT2D eigenvalue weighted by Gasteiger charge is -2.00. The van der Waals surface area contributed by atoms with Gasteiger partial charge in [-0.25, -0.2) is 4.98 Å². The van der Waals surface area contributed by atoms with Crippen molar-refractivity contribution in [2.45, 2.75) is 13.3 Å². The molecule has 0 saturated carbocycles. The lowest BCUT2D eigenvalue weighted by molar-refractivity contribution is -0.142. The summed E-state index contributed by atoms with van der Waals surface area (Å²) in [5.41, 5.74) is 3.57. The second-order valence-corrected chi connectivity index (χ2v) is 5.58. The van der Waals surface area contributed by atoms with Crippen LogP contribution in [0.5, 0.6) is 0 Å². The molecule has 0 saturated heterocycles. The molecule has 0 bridgehead atoms. The second-order valence-electron chi connectivity index (χ2n) is 3.85. The summed E-state index contributed by atoms with van der Waals surface area (Å²) in [5.74, 6) is -0.213. The monoisotopic (exact) mass is 293 g/mol. The van der Waals surface area contributed by atoms with E-state index in [1.54, 1.807) is 30.0 Å². The van der Waals surface area contributed by atoms with Crippen molar-refractivity contribution in [1.29, 1.82) is 0 Å². The lowest BCUT2D eigenvalue weighted by Crippen LogP contribution is -2.08. The fourth-order valence-corrected chi connectivity index (χ4v) is 3.23. The first kappa shape index (κ1) is 12.3. The fourth-order valence-electron chi connectivity index (χ4n) is 1.78. The molecule has 3 rings (SSSR count). The predicted octanol–water partition coefficient (Wildman–Crippen LogP) is 2.62. The van der Waals surface area contributed by atoms with Gasteiger partial charge in [0.05, 0.1) is 23.4 Å². The van der Waals surface area contributed by atoms with E-state index in [1.165, 1.54) is 11.3 Å². The Labute approximate surface area is 117 Å². The highest BCUT2D eigenvalue weighted by atomic mass is 32.1. The van der Waals surface area contributed by atoms with E-state index in [0.717, 1.165) is 21.2 Å². The smallest absolute Gasteiger partial charge is 0.311 e. The standard InChI is InChI=1S/C12H11N3O2S2/c1-2-17-11(16)3-8-6-18-12-14-9(5-15(8)12)10-4-13-7-19-10/h4-7H,2-3H2,1H3. The number of carbonyl (C=O) groups excluding carboxylic acids is 1. The molecule has 3 aromatic heterocycles. The molecule has 0 N–H and O–H groups in total. The maximum Gasteiger partial charge on any atom is 0.311 e. The molecule has 0 atom stereocenters. The number of ether oxygens (including phenoxy) is 1. The van der Waals surface area contributed by atoms with E-state index in [0.29, 0.717) is 6.61 Å². The summed E-state index contributed by atoms with van der Waals surface area (Å²) in [5, 5.41) is 1.94. The van der Waals surface area contributed by atoms with Crippen LogP contribution in [0, 0.1) is 0 Å². The molecule has 3 aromatic rings. The number of rotatable bonds is 4. The van der Waals surface area contributed by atoms with Crippen LogP contribution < -0.4 is 0 Å². The normalized spacial score (nSPS) is 11.0. The number of fused-ring (bicyclic) bond motifs is 1. The van der Waals surface area contributed by atoms with Gasteiger partial charge in [0.25, 0.3) is 0 Å². The Morgan fingerprint density at radius 3 is 3.11 bits per heavy atom. The van der Waals surface area contributed by atoms with Crippen LogP contribution in [0.3, 0.4) is 0 Å². The zero-order valence-electron chi connectivity index (χ0n) is 10.2. The summed E-state index contributed by atoms with van der Waals surface area (Å²) in [6.07, 6.45) is 4.00. The number of thiazole rings is 2. The van der Waals surface area contributed by atoms with Gasteiger partial charge in [0.1, 0.15) is 5.69 Å². The number of carbonyl (C=O) groups is 1. The molecule has 0 amide bonds. The topological polar surface area (TPSA) is 56.5 Å². The SMILES string of the molecule is CCOC(=O)Cc1csc2nc(-c3cncs3)cn12. The molecular weight excluding hydrogens is 282 g/mol. The minimum absolute atomic E-state index is 0.213. The van der Waals surface area contributed by atoms with Gasteiger partial charge in [-0.3, -0.25) is 14.2 Å². The van der Waals surface area contributed by atoms with Gasteiger partial charge in [0.15, 0.2) is 4.96 Å². The van der Waals surface area contributed by atoms with Crippen LogP contribution in [0.4, 0.5) is 0 Å². The fraction of sp³-hybridized carbons (Fsp3) is 0.250. The first-order valence-corrected chi connectivity index (χ1v) is 7.54. The molecule has 0 unspecified atom stereocenters. The van der Waals surface area contributed by atoms with Gasteiger partial charge in [-0.15, -0.1) is 22.7 Å². The zero-order chi connectivity index (χ0) is 13.2. The van der Waals surface area contributed by atoms with E-state index < -0.39 is 0 Å². The van der Waals surface area contributed by atoms with Crippen LogP contribution in [0.25, 0.3) is 15.5 Å². The van der Waals surface area contributed by atoms with Crippen molar-refractivity contribution in [3.05, 3.63) is 29.0 Å². The number of aromatic nitrogens is 3. The number of imidazole rings is 1. The number of hydrogen-bond acceptors (Lipinski definition) is 6. The Bertz CT molecular complexity index is 700. The molecule has 0 aliphatic heterocycles. The van der Waals surface area contributed by atoms with Crippen molar-refractivity contribution >= 4 is 33.6 Å². The quantitative estimate of drug-likeness (QED) is 0.694. The van der Waals surface area contributed by atoms with E-state index in [1.807, 2.05) is 16.0 Å². The molecule has 0 spiro atoms. The third kappa shape index (κ3) is 2.39. The Hall–Kier alpha value is -1.73. The first-order chi connectivity index (χ1) is 9.28. The molecular formula is C12H11N3O2S2. The van der Waals surface area contributed by atoms with Gasteiger partial charge in [-0.2, -0.15) is 0 Å². The minimum Gasteiger partial charge on any atom is -0.466 e. The van der Waals surface area contributed by atoms with Crippen molar-refractivity contribution in [3.8, 4) is 10.6 Å². The van der Waals surface area contributed by atoms with E-state index in [9.17, 15) is 4.79 Å². The third-order valence-corrected chi connectivity index (χ3v) is 4.28. The molecule has 0 aliphatic carbocycles. The Morgan fingerprint density at radius 1 is 1.47 bits per heavy atom. The van der Waals surface area contributed by atoms with Crippen LogP contribution in [0.2, 0.25) is 0 Å². The highest BCUT2D eigenvalue weighted by Gasteiger charge is 2.13. The Balaban J connectivity index is 1.92. The van der Waals surface area contributed by atoms with Gasteiger partial charge in [0, 0.05) is 23.5 Å². The van der Waals surface area contributed by atoms with Gasteiger partial charge in [-0.05, 0) is 6.92 Å². The summed E-state index contributed by atoms with van der Waals surface area (Å²) < 4.78 is 6.91. The van der Waals surface area contributed by atoms with E-state index in [-0.39, 0.29) is 12.4 Å². The molecule has 3 heterocycles. The van der Waals surface area contributed by atoms with E-state index in [4.69, 9.17) is 4.74 Å². The van der Waals surface area contributed by atoms with Gasteiger partial charge in [0.2, 0.25) is 0 Å². The van der Waals surface area contributed by atoms with Gasteiger partial charge >= 0.3 is 5.97 Å². The van der Waals surface area contributed by atoms with Crippen LogP contribution >= 0.6 is 22.7 Å². The summed E-state index contributed by atoms with van der Waals surface area (Å²) in [6, 6.07) is 0. The van der Waals surface area contributed by atoms with Crippen LogP contribution in [0.15, 0.2) is 23.3 Å². The number of hydrogen-bond donors (Lipinski definition) is 0.